The van der Waals surface area contributed by atoms with Gasteiger partial charge in [0.25, 0.3) is 0 Å². The molecule has 0 fully saturated rings. The molecule has 17 heavy (non-hydrogen) atoms. The van der Waals surface area contributed by atoms with Crippen LogP contribution >= 0.6 is 11.6 Å². The molecule has 0 unspecified atom stereocenters. The third-order valence-corrected chi connectivity index (χ3v) is 4.18. The zero-order chi connectivity index (χ0) is 13.1. The monoisotopic (exact) mass is 276 g/mol. The first-order valence-corrected chi connectivity index (χ1v) is 6.61. The molecule has 0 aromatic heterocycles. The van der Waals surface area contributed by atoms with Crippen LogP contribution in [-0.4, -0.2) is 26.3 Å². The minimum atomic E-state index is -3.70. The van der Waals surface area contributed by atoms with E-state index in [-0.39, 0.29) is 17.1 Å². The smallest absolute Gasteiger partial charge is 0.212 e. The summed E-state index contributed by atoms with van der Waals surface area (Å²) in [4.78, 5) is 0. The fraction of sp³-hybridized carbons (Fsp3) is 0.300. The summed E-state index contributed by atoms with van der Waals surface area (Å²) in [6.07, 6.45) is 0. The van der Waals surface area contributed by atoms with Gasteiger partial charge in [-0.15, -0.1) is 0 Å². The molecule has 1 aromatic carbocycles. The van der Waals surface area contributed by atoms with Gasteiger partial charge in [0, 0.05) is 12.6 Å². The molecule has 0 radical (unpaired) electrons. The van der Waals surface area contributed by atoms with E-state index >= 15 is 0 Å². The first-order valence-electron chi connectivity index (χ1n) is 4.62. The second-order valence-corrected chi connectivity index (χ2v) is 5.87. The van der Waals surface area contributed by atoms with Crippen LogP contribution in [0.5, 0.6) is 0 Å². The molecule has 4 nitrogen and oxygen atoms in total. The topological polar surface area (TPSA) is 61.2 Å². The van der Waals surface area contributed by atoms with Crippen LogP contribution in [0.2, 0.25) is 5.02 Å². The average Bonchev–Trinajstić information content (AvgIpc) is 2.25. The van der Waals surface area contributed by atoms with Crippen LogP contribution in [-0.2, 0) is 15.8 Å². The molecular formula is C10H10ClFN2O2S. The number of sulfonamides is 1. The Kier molecular flexibility index (Phi) is 4.46. The molecule has 0 saturated carbocycles. The van der Waals surface area contributed by atoms with Gasteiger partial charge in [-0.1, -0.05) is 23.7 Å². The molecule has 0 aliphatic rings. The van der Waals surface area contributed by atoms with E-state index in [1.807, 2.05) is 0 Å². The summed E-state index contributed by atoms with van der Waals surface area (Å²) in [6, 6.07) is 5.87. The van der Waals surface area contributed by atoms with Crippen LogP contribution in [0.25, 0.3) is 0 Å². The third-order valence-electron chi connectivity index (χ3n) is 2.14. The van der Waals surface area contributed by atoms with Crippen LogP contribution < -0.4 is 0 Å². The highest BCUT2D eigenvalue weighted by atomic mass is 35.5. The number of hydrogen-bond acceptors (Lipinski definition) is 3. The molecule has 1 aromatic rings. The quantitative estimate of drug-likeness (QED) is 0.788. The predicted octanol–water partition coefficient (Wildman–Crippen LogP) is 1.76. The van der Waals surface area contributed by atoms with E-state index in [0.29, 0.717) is 0 Å². The van der Waals surface area contributed by atoms with Crippen molar-refractivity contribution in [3.8, 4) is 6.07 Å². The minimum absolute atomic E-state index is 0.0118. The van der Waals surface area contributed by atoms with Gasteiger partial charge in [-0.3, -0.25) is 0 Å². The fourth-order valence-electron chi connectivity index (χ4n) is 1.16. The Hall–Kier alpha value is -1.16. The molecule has 0 N–H and O–H groups in total. The van der Waals surface area contributed by atoms with Crippen molar-refractivity contribution in [3.05, 3.63) is 34.6 Å². The number of nitriles is 1. The lowest BCUT2D eigenvalue weighted by Gasteiger charge is -2.13. The Bertz CT molecular complexity index is 554. The van der Waals surface area contributed by atoms with Crippen LogP contribution in [0.1, 0.15) is 5.56 Å². The zero-order valence-electron chi connectivity index (χ0n) is 9.02. The molecular weight excluding hydrogens is 267 g/mol. The molecule has 0 atom stereocenters. The highest BCUT2D eigenvalue weighted by molar-refractivity contribution is 7.88. The molecule has 0 bridgehead atoms. The van der Waals surface area contributed by atoms with E-state index in [9.17, 15) is 12.8 Å². The van der Waals surface area contributed by atoms with E-state index in [0.717, 1.165) is 4.31 Å². The Balaban J connectivity index is 2.99. The van der Waals surface area contributed by atoms with Gasteiger partial charge >= 0.3 is 0 Å². The highest BCUT2D eigenvalue weighted by Gasteiger charge is 2.20. The molecule has 0 heterocycles. The Morgan fingerprint density at radius 1 is 1.53 bits per heavy atom. The van der Waals surface area contributed by atoms with Crippen molar-refractivity contribution in [2.24, 2.45) is 0 Å². The van der Waals surface area contributed by atoms with E-state index in [1.165, 1.54) is 25.2 Å². The largest absolute Gasteiger partial charge is 0.219 e. The normalized spacial score (nSPS) is 11.5. The molecule has 1 rings (SSSR count). The molecule has 0 aliphatic heterocycles. The van der Waals surface area contributed by atoms with E-state index in [4.69, 9.17) is 16.9 Å². The van der Waals surface area contributed by atoms with Crippen LogP contribution in [0, 0.1) is 17.1 Å². The average molecular weight is 277 g/mol. The summed E-state index contributed by atoms with van der Waals surface area (Å²) in [5.41, 5.74) is -0.0118. The lowest BCUT2D eigenvalue weighted by atomic mass is 10.2. The van der Waals surface area contributed by atoms with Gasteiger partial charge < -0.3 is 0 Å². The molecule has 0 aliphatic carbocycles. The van der Waals surface area contributed by atoms with Crippen molar-refractivity contribution in [3.63, 3.8) is 0 Å². The zero-order valence-corrected chi connectivity index (χ0v) is 10.6. The predicted molar refractivity (Wildman–Crippen MR) is 62.3 cm³/mol. The van der Waals surface area contributed by atoms with Crippen molar-refractivity contribution in [1.29, 1.82) is 5.26 Å². The van der Waals surface area contributed by atoms with Gasteiger partial charge in [-0.25, -0.2) is 12.8 Å². The third kappa shape index (κ3) is 3.40. The van der Waals surface area contributed by atoms with Crippen molar-refractivity contribution < 1.29 is 12.8 Å². The highest BCUT2D eigenvalue weighted by Crippen LogP contribution is 2.20. The van der Waals surface area contributed by atoms with Gasteiger partial charge in [0.2, 0.25) is 10.0 Å². The minimum Gasteiger partial charge on any atom is -0.212 e. The summed E-state index contributed by atoms with van der Waals surface area (Å²) in [6.45, 7) is -0.273. The maximum absolute atomic E-state index is 13.5. The van der Waals surface area contributed by atoms with Crippen molar-refractivity contribution in [2.45, 2.75) is 5.75 Å². The van der Waals surface area contributed by atoms with Gasteiger partial charge in [-0.05, 0) is 6.07 Å². The first-order chi connectivity index (χ1) is 7.88. The summed E-state index contributed by atoms with van der Waals surface area (Å²) in [7, 11) is -2.44. The molecule has 0 amide bonds. The van der Waals surface area contributed by atoms with Gasteiger partial charge in [0.1, 0.15) is 12.4 Å². The summed E-state index contributed by atoms with van der Waals surface area (Å²) in [5, 5.41) is 8.29. The van der Waals surface area contributed by atoms with Crippen LogP contribution in [0.4, 0.5) is 4.39 Å². The summed E-state index contributed by atoms with van der Waals surface area (Å²) >= 11 is 5.55. The number of nitrogens with zero attached hydrogens (tertiary/aromatic N) is 2. The Labute approximate surface area is 104 Å². The second kappa shape index (κ2) is 5.45. The molecule has 92 valence electrons. The van der Waals surface area contributed by atoms with Crippen molar-refractivity contribution >= 4 is 21.6 Å². The van der Waals surface area contributed by atoms with Crippen molar-refractivity contribution in [2.75, 3.05) is 13.6 Å². The first kappa shape index (κ1) is 13.9. The van der Waals surface area contributed by atoms with Gasteiger partial charge in [-0.2, -0.15) is 9.57 Å². The second-order valence-electron chi connectivity index (χ2n) is 3.38. The number of halogens is 2. The standard InChI is InChI=1S/C10H10ClFN2O2S/c1-14(6-5-13)17(15,16)7-8-3-2-4-9(11)10(8)12/h2-4H,6-7H2,1H3. The van der Waals surface area contributed by atoms with Crippen molar-refractivity contribution in [1.82, 2.24) is 4.31 Å². The van der Waals surface area contributed by atoms with Crippen LogP contribution in [0.3, 0.4) is 0 Å². The van der Waals surface area contributed by atoms with E-state index in [2.05, 4.69) is 0 Å². The lowest BCUT2D eigenvalue weighted by Crippen LogP contribution is -2.28. The van der Waals surface area contributed by atoms with Gasteiger partial charge in [0.05, 0.1) is 16.8 Å². The fourth-order valence-corrected chi connectivity index (χ4v) is 2.45. The SMILES string of the molecule is CN(CC#N)S(=O)(=O)Cc1cccc(Cl)c1F. The van der Waals surface area contributed by atoms with Crippen LogP contribution in [0.15, 0.2) is 18.2 Å². The molecule has 0 saturated heterocycles. The number of hydrogen-bond donors (Lipinski definition) is 0. The summed E-state index contributed by atoms with van der Waals surface area (Å²) < 4.78 is 37.8. The van der Waals surface area contributed by atoms with E-state index < -0.39 is 21.6 Å². The lowest BCUT2D eigenvalue weighted by molar-refractivity contribution is 0.499. The molecule has 0 spiro atoms. The maximum atomic E-state index is 13.5. The van der Waals surface area contributed by atoms with Gasteiger partial charge in [0.15, 0.2) is 0 Å². The maximum Gasteiger partial charge on any atom is 0.219 e. The summed E-state index contributed by atoms with van der Waals surface area (Å²) in [5.74, 6) is -1.26. The Morgan fingerprint density at radius 2 is 2.18 bits per heavy atom. The molecule has 7 heteroatoms. The number of rotatable bonds is 4. The Morgan fingerprint density at radius 3 is 2.76 bits per heavy atom. The number of benzene rings is 1. The van der Waals surface area contributed by atoms with E-state index in [1.54, 1.807) is 6.07 Å².